The van der Waals surface area contributed by atoms with E-state index in [1.807, 2.05) is 11.7 Å². The number of rotatable bonds is 5. The van der Waals surface area contributed by atoms with Crippen LogP contribution in [0.25, 0.3) is 0 Å². The van der Waals surface area contributed by atoms with Crippen molar-refractivity contribution in [3.63, 3.8) is 0 Å². The van der Waals surface area contributed by atoms with Crippen LogP contribution >= 0.6 is 11.8 Å². The third-order valence-corrected chi connectivity index (χ3v) is 5.57. The molecule has 0 aromatic carbocycles. The molecule has 1 aromatic heterocycles. The van der Waals surface area contributed by atoms with Crippen molar-refractivity contribution in [1.82, 2.24) is 20.1 Å². The lowest BCUT2D eigenvalue weighted by Gasteiger charge is -2.40. The summed E-state index contributed by atoms with van der Waals surface area (Å²) in [6.07, 6.45) is 5.72. The molecule has 7 heteroatoms. The number of thioether (sulfide) groups is 1. The maximum atomic E-state index is 5.91. The zero-order chi connectivity index (χ0) is 14.7. The van der Waals surface area contributed by atoms with E-state index in [2.05, 4.69) is 22.3 Å². The van der Waals surface area contributed by atoms with Gasteiger partial charge in [0.1, 0.15) is 6.33 Å². The molecule has 3 rings (SSSR count). The molecule has 6 nitrogen and oxygen atoms in total. The quantitative estimate of drug-likeness (QED) is 0.890. The van der Waals surface area contributed by atoms with Crippen LogP contribution in [0.5, 0.6) is 0 Å². The second-order valence-corrected chi connectivity index (χ2v) is 6.94. The Bertz CT molecular complexity index is 462. The molecule has 1 aliphatic heterocycles. The molecule has 2 atom stereocenters. The van der Waals surface area contributed by atoms with Gasteiger partial charge >= 0.3 is 0 Å². The maximum absolute atomic E-state index is 5.91. The predicted molar refractivity (Wildman–Crippen MR) is 81.2 cm³/mol. The molecule has 1 spiro atoms. The number of aryl methyl sites for hydroxylation is 1. The van der Waals surface area contributed by atoms with Gasteiger partial charge in [0.25, 0.3) is 0 Å². The van der Waals surface area contributed by atoms with Crippen LogP contribution in [-0.4, -0.2) is 51.6 Å². The minimum Gasteiger partial charge on any atom is -0.347 e. The molecule has 0 bridgehead atoms. The van der Waals surface area contributed by atoms with Gasteiger partial charge in [-0.3, -0.25) is 0 Å². The van der Waals surface area contributed by atoms with Gasteiger partial charge in [-0.25, -0.2) is 9.67 Å². The first-order chi connectivity index (χ1) is 10.2. The van der Waals surface area contributed by atoms with Gasteiger partial charge < -0.3 is 14.8 Å². The van der Waals surface area contributed by atoms with Gasteiger partial charge in [0, 0.05) is 31.2 Å². The lowest BCUT2D eigenvalue weighted by Crippen LogP contribution is -2.50. The van der Waals surface area contributed by atoms with Crippen LogP contribution in [-0.2, 0) is 16.5 Å². The van der Waals surface area contributed by atoms with Crippen LogP contribution in [0.1, 0.15) is 32.6 Å². The molecular weight excluding hydrogens is 288 g/mol. The number of aromatic nitrogens is 3. The molecule has 0 amide bonds. The normalized spacial score (nSPS) is 28.3. The van der Waals surface area contributed by atoms with Crippen molar-refractivity contribution in [3.05, 3.63) is 6.33 Å². The average molecular weight is 312 g/mol. The van der Waals surface area contributed by atoms with Gasteiger partial charge in [-0.1, -0.05) is 18.7 Å². The van der Waals surface area contributed by atoms with Gasteiger partial charge in [0.2, 0.25) is 0 Å². The number of nitrogens with zero attached hydrogens (tertiary/aromatic N) is 3. The van der Waals surface area contributed by atoms with E-state index in [1.54, 1.807) is 18.1 Å². The largest absolute Gasteiger partial charge is 0.347 e. The van der Waals surface area contributed by atoms with Gasteiger partial charge in [-0.05, 0) is 19.4 Å². The average Bonchev–Trinajstić information content (AvgIpc) is 3.09. The van der Waals surface area contributed by atoms with E-state index in [-0.39, 0.29) is 5.79 Å². The molecule has 1 aliphatic carbocycles. The molecule has 1 saturated heterocycles. The van der Waals surface area contributed by atoms with Gasteiger partial charge in [0.15, 0.2) is 10.9 Å². The first kappa shape index (κ1) is 15.3. The van der Waals surface area contributed by atoms with E-state index >= 15 is 0 Å². The molecule has 0 radical (unpaired) electrons. The molecule has 1 N–H and O–H groups in total. The number of hydrogen-bond acceptors (Lipinski definition) is 6. The fourth-order valence-electron chi connectivity index (χ4n) is 3.09. The van der Waals surface area contributed by atoms with E-state index in [9.17, 15) is 0 Å². The summed E-state index contributed by atoms with van der Waals surface area (Å²) in [5.41, 5.74) is 0. The second kappa shape index (κ2) is 6.64. The Labute approximate surface area is 130 Å². The highest BCUT2D eigenvalue weighted by atomic mass is 32.2. The molecule has 1 saturated carbocycles. The SMILES string of the molecule is CCCNC1CCC2(CC1Sc1ncnn1C)OCCO2. The summed E-state index contributed by atoms with van der Waals surface area (Å²) in [5.74, 6) is -0.360. The number of hydrogen-bond donors (Lipinski definition) is 1. The van der Waals surface area contributed by atoms with Gasteiger partial charge in [-0.15, -0.1) is 0 Å². The maximum Gasteiger partial charge on any atom is 0.186 e. The highest BCUT2D eigenvalue weighted by Gasteiger charge is 2.45. The van der Waals surface area contributed by atoms with Crippen LogP contribution in [0.15, 0.2) is 11.5 Å². The Morgan fingerprint density at radius 1 is 1.48 bits per heavy atom. The smallest absolute Gasteiger partial charge is 0.186 e. The van der Waals surface area contributed by atoms with Crippen LogP contribution < -0.4 is 5.32 Å². The minimum absolute atomic E-state index is 0.360. The van der Waals surface area contributed by atoms with E-state index in [4.69, 9.17) is 9.47 Å². The lowest BCUT2D eigenvalue weighted by atomic mass is 9.89. The zero-order valence-electron chi connectivity index (χ0n) is 12.7. The topological polar surface area (TPSA) is 61.2 Å². The first-order valence-electron chi connectivity index (χ1n) is 7.74. The number of nitrogens with one attached hydrogen (secondary N) is 1. The van der Waals surface area contributed by atoms with Crippen molar-refractivity contribution in [3.8, 4) is 0 Å². The second-order valence-electron chi connectivity index (χ2n) is 5.73. The van der Waals surface area contributed by atoms with Crippen molar-refractivity contribution in [2.24, 2.45) is 7.05 Å². The fraction of sp³-hybridized carbons (Fsp3) is 0.857. The van der Waals surface area contributed by atoms with E-state index in [1.165, 1.54) is 0 Å². The molecule has 1 aromatic rings. The molecule has 2 heterocycles. The Morgan fingerprint density at radius 2 is 2.29 bits per heavy atom. The minimum atomic E-state index is -0.360. The van der Waals surface area contributed by atoms with Crippen LogP contribution in [0, 0.1) is 0 Å². The first-order valence-corrected chi connectivity index (χ1v) is 8.62. The molecular formula is C14H24N4O2S. The Morgan fingerprint density at radius 3 is 2.95 bits per heavy atom. The van der Waals surface area contributed by atoms with Crippen molar-refractivity contribution in [2.75, 3.05) is 19.8 Å². The molecule has 2 unspecified atom stereocenters. The zero-order valence-corrected chi connectivity index (χ0v) is 13.6. The standard InChI is InChI=1S/C14H24N4O2S/c1-3-6-15-11-4-5-14(19-7-8-20-14)9-12(11)21-13-16-10-17-18(13)2/h10-12,15H,3-9H2,1-2H3. The highest BCUT2D eigenvalue weighted by Crippen LogP contribution is 2.42. The monoisotopic (exact) mass is 312 g/mol. The Kier molecular flexibility index (Phi) is 4.83. The summed E-state index contributed by atoms with van der Waals surface area (Å²) in [7, 11) is 1.94. The van der Waals surface area contributed by atoms with Crippen LogP contribution in [0.2, 0.25) is 0 Å². The fourth-order valence-corrected chi connectivity index (χ4v) is 4.40. The van der Waals surface area contributed by atoms with Gasteiger partial charge in [0.05, 0.1) is 13.2 Å². The molecule has 2 fully saturated rings. The predicted octanol–water partition coefficient (Wildman–Crippen LogP) is 1.57. The van der Waals surface area contributed by atoms with Crippen LogP contribution in [0.3, 0.4) is 0 Å². The van der Waals surface area contributed by atoms with Crippen molar-refractivity contribution in [2.45, 2.75) is 54.8 Å². The summed E-state index contributed by atoms with van der Waals surface area (Å²) in [4.78, 5) is 4.35. The van der Waals surface area contributed by atoms with E-state index in [0.29, 0.717) is 24.5 Å². The third-order valence-electron chi connectivity index (χ3n) is 4.19. The number of ether oxygens (including phenoxy) is 2. The van der Waals surface area contributed by atoms with E-state index in [0.717, 1.165) is 37.4 Å². The van der Waals surface area contributed by atoms with Crippen molar-refractivity contribution < 1.29 is 9.47 Å². The highest BCUT2D eigenvalue weighted by molar-refractivity contribution is 7.99. The van der Waals surface area contributed by atoms with Gasteiger partial charge in [-0.2, -0.15) is 5.10 Å². The summed E-state index contributed by atoms with van der Waals surface area (Å²) < 4.78 is 13.6. The molecule has 21 heavy (non-hydrogen) atoms. The summed E-state index contributed by atoms with van der Waals surface area (Å²) in [5, 5.41) is 9.18. The summed E-state index contributed by atoms with van der Waals surface area (Å²) in [6, 6.07) is 0.477. The van der Waals surface area contributed by atoms with E-state index < -0.39 is 0 Å². The third kappa shape index (κ3) is 3.41. The summed E-state index contributed by atoms with van der Waals surface area (Å²) in [6.45, 7) is 4.68. The Hall–Kier alpha value is -0.630. The molecule has 118 valence electrons. The van der Waals surface area contributed by atoms with Crippen molar-refractivity contribution >= 4 is 11.8 Å². The Balaban J connectivity index is 1.71. The summed E-state index contributed by atoms with van der Waals surface area (Å²) >= 11 is 1.78. The van der Waals surface area contributed by atoms with Crippen molar-refractivity contribution in [1.29, 1.82) is 0 Å². The lowest BCUT2D eigenvalue weighted by molar-refractivity contribution is -0.178. The van der Waals surface area contributed by atoms with Crippen LogP contribution in [0.4, 0.5) is 0 Å². The molecule has 2 aliphatic rings.